The van der Waals surface area contributed by atoms with Gasteiger partial charge in [-0.05, 0) is 30.2 Å². The van der Waals surface area contributed by atoms with Crippen molar-refractivity contribution >= 4 is 6.03 Å². The van der Waals surface area contributed by atoms with Gasteiger partial charge in [-0.3, -0.25) is 4.98 Å². The molecule has 1 heterocycles. The molecule has 0 spiro atoms. The first kappa shape index (κ1) is 16.0. The van der Waals surface area contributed by atoms with Crippen LogP contribution in [0.15, 0.2) is 54.9 Å². The van der Waals surface area contributed by atoms with Crippen molar-refractivity contribution < 1.29 is 9.90 Å². The number of aliphatic hydroxyl groups excluding tert-OH is 1. The molecule has 2 N–H and O–H groups in total. The predicted molar refractivity (Wildman–Crippen MR) is 85.1 cm³/mol. The molecule has 2 amide bonds. The maximum Gasteiger partial charge on any atom is 0.318 e. The number of urea groups is 1. The van der Waals surface area contributed by atoms with Gasteiger partial charge >= 0.3 is 6.03 Å². The van der Waals surface area contributed by atoms with Crippen molar-refractivity contribution in [2.75, 3.05) is 13.2 Å². The van der Waals surface area contributed by atoms with Gasteiger partial charge in [0.05, 0.1) is 12.6 Å². The number of carbonyl (C=O) groups is 1. The van der Waals surface area contributed by atoms with Gasteiger partial charge in [0, 0.05) is 25.5 Å². The van der Waals surface area contributed by atoms with E-state index in [1.165, 1.54) is 0 Å². The fourth-order valence-electron chi connectivity index (χ4n) is 2.19. The first-order valence-electron chi connectivity index (χ1n) is 7.31. The van der Waals surface area contributed by atoms with Crippen LogP contribution in [0.4, 0.5) is 4.79 Å². The first-order valence-corrected chi connectivity index (χ1v) is 7.31. The van der Waals surface area contributed by atoms with Gasteiger partial charge in [-0.25, -0.2) is 4.79 Å². The molecule has 0 radical (unpaired) electrons. The molecule has 2 aromatic rings. The van der Waals surface area contributed by atoms with Crippen LogP contribution >= 0.6 is 0 Å². The van der Waals surface area contributed by atoms with E-state index < -0.39 is 0 Å². The minimum absolute atomic E-state index is 0.0656. The number of hydrogen-bond acceptors (Lipinski definition) is 3. The van der Waals surface area contributed by atoms with Crippen LogP contribution in [-0.4, -0.2) is 34.2 Å². The van der Waals surface area contributed by atoms with E-state index in [9.17, 15) is 9.90 Å². The lowest BCUT2D eigenvalue weighted by Gasteiger charge is -2.25. The smallest absolute Gasteiger partial charge is 0.318 e. The highest BCUT2D eigenvalue weighted by Crippen LogP contribution is 2.12. The molecule has 0 bridgehead atoms. The molecule has 1 aromatic heterocycles. The summed E-state index contributed by atoms with van der Waals surface area (Å²) in [5.41, 5.74) is 2.02. The molecule has 1 aromatic carbocycles. The van der Waals surface area contributed by atoms with Crippen LogP contribution in [0.5, 0.6) is 0 Å². The van der Waals surface area contributed by atoms with Crippen molar-refractivity contribution in [2.45, 2.75) is 19.5 Å². The Morgan fingerprint density at radius 1 is 1.23 bits per heavy atom. The number of nitrogens with one attached hydrogen (secondary N) is 1. The summed E-state index contributed by atoms with van der Waals surface area (Å²) in [6.07, 6.45) is 3.40. The summed E-state index contributed by atoms with van der Waals surface area (Å²) in [7, 11) is 0. The molecule has 1 atom stereocenters. The molecule has 1 unspecified atom stereocenters. The lowest BCUT2D eigenvalue weighted by molar-refractivity contribution is 0.171. The molecule has 22 heavy (non-hydrogen) atoms. The van der Waals surface area contributed by atoms with Gasteiger partial charge in [0.1, 0.15) is 0 Å². The number of carbonyl (C=O) groups excluding carboxylic acids is 1. The number of rotatable bonds is 6. The second kappa shape index (κ2) is 8.14. The standard InChI is InChI=1S/C17H21N3O2/c1-14(16-7-9-18-10-8-16)19-17(22)20(11-12-21)13-15-5-3-2-4-6-15/h2-10,14,21H,11-13H2,1H3,(H,19,22). The average molecular weight is 299 g/mol. The largest absolute Gasteiger partial charge is 0.395 e. The Hall–Kier alpha value is -2.40. The zero-order valence-electron chi connectivity index (χ0n) is 12.6. The summed E-state index contributed by atoms with van der Waals surface area (Å²) < 4.78 is 0. The Morgan fingerprint density at radius 2 is 1.91 bits per heavy atom. The maximum atomic E-state index is 12.4. The van der Waals surface area contributed by atoms with E-state index >= 15 is 0 Å². The number of hydrogen-bond donors (Lipinski definition) is 2. The number of aromatic nitrogens is 1. The second-order valence-electron chi connectivity index (χ2n) is 5.08. The Labute approximate surface area is 130 Å². The lowest BCUT2D eigenvalue weighted by atomic mass is 10.1. The van der Waals surface area contributed by atoms with Crippen molar-refractivity contribution in [1.29, 1.82) is 0 Å². The molecule has 5 nitrogen and oxygen atoms in total. The van der Waals surface area contributed by atoms with E-state index in [1.807, 2.05) is 49.4 Å². The quantitative estimate of drug-likeness (QED) is 0.860. The molecule has 0 saturated heterocycles. The summed E-state index contributed by atoms with van der Waals surface area (Å²) >= 11 is 0. The third-order valence-electron chi connectivity index (χ3n) is 3.42. The fraction of sp³-hybridized carbons (Fsp3) is 0.294. The number of benzene rings is 1. The van der Waals surface area contributed by atoms with Crippen molar-refractivity contribution in [2.24, 2.45) is 0 Å². The zero-order valence-corrected chi connectivity index (χ0v) is 12.6. The van der Waals surface area contributed by atoms with Crippen LogP contribution in [0, 0.1) is 0 Å². The van der Waals surface area contributed by atoms with Gasteiger partial charge < -0.3 is 15.3 Å². The molecule has 0 aliphatic carbocycles. The van der Waals surface area contributed by atoms with Gasteiger partial charge in [-0.2, -0.15) is 0 Å². The topological polar surface area (TPSA) is 65.5 Å². The molecule has 5 heteroatoms. The minimum atomic E-state index is -0.192. The summed E-state index contributed by atoms with van der Waals surface area (Å²) in [4.78, 5) is 18.0. The summed E-state index contributed by atoms with van der Waals surface area (Å²) in [6.45, 7) is 2.62. The summed E-state index contributed by atoms with van der Waals surface area (Å²) in [5.74, 6) is 0. The Bertz CT molecular complexity index is 575. The zero-order chi connectivity index (χ0) is 15.8. The number of pyridine rings is 1. The lowest BCUT2D eigenvalue weighted by Crippen LogP contribution is -2.42. The number of nitrogens with zero attached hydrogens (tertiary/aromatic N) is 2. The molecule has 0 saturated carbocycles. The third kappa shape index (κ3) is 4.56. The van der Waals surface area contributed by atoms with Gasteiger partial charge in [-0.15, -0.1) is 0 Å². The molecule has 0 fully saturated rings. The minimum Gasteiger partial charge on any atom is -0.395 e. The van der Waals surface area contributed by atoms with Gasteiger partial charge in [0.15, 0.2) is 0 Å². The first-order chi connectivity index (χ1) is 10.7. The van der Waals surface area contributed by atoms with Crippen LogP contribution in [0.25, 0.3) is 0 Å². The van der Waals surface area contributed by atoms with Crippen LogP contribution in [-0.2, 0) is 6.54 Å². The summed E-state index contributed by atoms with van der Waals surface area (Å²) in [6, 6.07) is 13.2. The number of amides is 2. The van der Waals surface area contributed by atoms with Crippen molar-refractivity contribution in [3.8, 4) is 0 Å². The van der Waals surface area contributed by atoms with Gasteiger partial charge in [0.2, 0.25) is 0 Å². The third-order valence-corrected chi connectivity index (χ3v) is 3.42. The molecular formula is C17H21N3O2. The highest BCUT2D eigenvalue weighted by atomic mass is 16.3. The predicted octanol–water partition coefficient (Wildman–Crippen LogP) is 2.35. The van der Waals surface area contributed by atoms with Crippen molar-refractivity contribution in [3.05, 3.63) is 66.0 Å². The molecule has 2 rings (SSSR count). The average Bonchev–Trinajstić information content (AvgIpc) is 2.56. The normalized spacial score (nSPS) is 11.7. The maximum absolute atomic E-state index is 12.4. The van der Waals surface area contributed by atoms with Gasteiger partial charge in [0.25, 0.3) is 0 Å². The SMILES string of the molecule is CC(NC(=O)N(CCO)Cc1ccccc1)c1ccncc1. The fourth-order valence-corrected chi connectivity index (χ4v) is 2.19. The van der Waals surface area contributed by atoms with Crippen LogP contribution < -0.4 is 5.32 Å². The van der Waals surface area contributed by atoms with Gasteiger partial charge in [-0.1, -0.05) is 30.3 Å². The molecule has 0 aliphatic rings. The molecule has 0 aliphatic heterocycles. The van der Waals surface area contributed by atoms with Crippen molar-refractivity contribution in [3.63, 3.8) is 0 Å². The van der Waals surface area contributed by atoms with Crippen LogP contribution in [0.1, 0.15) is 24.1 Å². The summed E-state index contributed by atoms with van der Waals surface area (Å²) in [5, 5.41) is 12.1. The second-order valence-corrected chi connectivity index (χ2v) is 5.08. The van der Waals surface area contributed by atoms with E-state index in [1.54, 1.807) is 17.3 Å². The number of aliphatic hydroxyl groups is 1. The van der Waals surface area contributed by atoms with E-state index in [4.69, 9.17) is 0 Å². The van der Waals surface area contributed by atoms with E-state index in [-0.39, 0.29) is 18.7 Å². The molecular weight excluding hydrogens is 278 g/mol. The van der Waals surface area contributed by atoms with Crippen LogP contribution in [0.3, 0.4) is 0 Å². The van der Waals surface area contributed by atoms with Crippen molar-refractivity contribution in [1.82, 2.24) is 15.2 Å². The van der Waals surface area contributed by atoms with Crippen LogP contribution in [0.2, 0.25) is 0 Å². The van der Waals surface area contributed by atoms with E-state index in [2.05, 4.69) is 10.3 Å². The Balaban J connectivity index is 2.00. The Morgan fingerprint density at radius 3 is 2.55 bits per heavy atom. The van der Waals surface area contributed by atoms with E-state index in [0.717, 1.165) is 11.1 Å². The van der Waals surface area contributed by atoms with E-state index in [0.29, 0.717) is 13.1 Å². The Kier molecular flexibility index (Phi) is 5.91. The monoisotopic (exact) mass is 299 g/mol. The highest BCUT2D eigenvalue weighted by Gasteiger charge is 2.16. The highest BCUT2D eigenvalue weighted by molar-refractivity contribution is 5.74. The molecule has 116 valence electrons.